The Hall–Kier alpha value is -1.84. The first-order valence-electron chi connectivity index (χ1n) is 3.41. The predicted octanol–water partition coefficient (Wildman–Crippen LogP) is 1.16. The molecule has 0 fully saturated rings. The normalized spacial score (nSPS) is 10.3. The summed E-state index contributed by atoms with van der Waals surface area (Å²) in [6, 6.07) is 1.70. The third kappa shape index (κ3) is 0.934. The predicted molar refractivity (Wildman–Crippen MR) is 44.7 cm³/mol. The van der Waals surface area contributed by atoms with Gasteiger partial charge in [-0.1, -0.05) is 12.7 Å². The lowest BCUT2D eigenvalue weighted by Gasteiger charge is -1.88. The second-order valence-electron chi connectivity index (χ2n) is 2.33. The van der Waals surface area contributed by atoms with Gasteiger partial charge in [-0.2, -0.15) is 0 Å². The van der Waals surface area contributed by atoms with E-state index >= 15 is 0 Å². The molecule has 0 amide bonds. The van der Waals surface area contributed by atoms with Crippen LogP contribution in [-0.4, -0.2) is 9.97 Å². The first kappa shape index (κ1) is 6.84. The van der Waals surface area contributed by atoms with E-state index in [9.17, 15) is 4.79 Å². The molecule has 2 aromatic rings. The molecular weight excluding hydrogens is 156 g/mol. The van der Waals surface area contributed by atoms with E-state index in [-0.39, 0.29) is 0 Å². The van der Waals surface area contributed by atoms with E-state index in [0.29, 0.717) is 11.2 Å². The zero-order valence-electron chi connectivity index (χ0n) is 6.20. The van der Waals surface area contributed by atoms with Crippen molar-refractivity contribution in [2.75, 3.05) is 0 Å². The van der Waals surface area contributed by atoms with E-state index in [0.717, 1.165) is 5.56 Å². The van der Waals surface area contributed by atoms with Crippen LogP contribution < -0.4 is 5.76 Å². The van der Waals surface area contributed by atoms with Crippen LogP contribution in [0.2, 0.25) is 0 Å². The minimum Gasteiger partial charge on any atom is -0.406 e. The summed E-state index contributed by atoms with van der Waals surface area (Å²) in [7, 11) is 0. The molecule has 0 aromatic carbocycles. The number of rotatable bonds is 1. The molecule has 1 N–H and O–H groups in total. The molecule has 0 bridgehead atoms. The SMILES string of the molecule is C=Cc1cnc2[nH]c(=O)oc2c1. The molecule has 0 spiro atoms. The average Bonchev–Trinajstić information content (AvgIpc) is 2.43. The average molecular weight is 162 g/mol. The number of aromatic nitrogens is 2. The maximum Gasteiger partial charge on any atom is 0.418 e. The lowest BCUT2D eigenvalue weighted by molar-refractivity contribution is 0.555. The highest BCUT2D eigenvalue weighted by Gasteiger charge is 2.00. The second-order valence-corrected chi connectivity index (χ2v) is 2.33. The van der Waals surface area contributed by atoms with Gasteiger partial charge in [0.25, 0.3) is 0 Å². The zero-order chi connectivity index (χ0) is 8.55. The topological polar surface area (TPSA) is 58.9 Å². The first-order valence-corrected chi connectivity index (χ1v) is 3.41. The Morgan fingerprint density at radius 3 is 3.25 bits per heavy atom. The summed E-state index contributed by atoms with van der Waals surface area (Å²) in [5.41, 5.74) is 1.74. The lowest BCUT2D eigenvalue weighted by atomic mass is 10.3. The maximum atomic E-state index is 10.7. The Labute approximate surface area is 67.5 Å². The standard InChI is InChI=1S/C8H6N2O2/c1-2-5-3-6-7(9-4-5)10-8(11)12-6/h2-4H,1H2,(H,9,10,11). The summed E-state index contributed by atoms with van der Waals surface area (Å²) < 4.78 is 4.79. The molecule has 0 unspecified atom stereocenters. The Balaban J connectivity index is 2.82. The fraction of sp³-hybridized carbons (Fsp3) is 0. The third-order valence-electron chi connectivity index (χ3n) is 1.53. The van der Waals surface area contributed by atoms with E-state index in [2.05, 4.69) is 16.5 Å². The largest absolute Gasteiger partial charge is 0.418 e. The molecule has 0 radical (unpaired) electrons. The fourth-order valence-corrected chi connectivity index (χ4v) is 0.965. The zero-order valence-corrected chi connectivity index (χ0v) is 6.20. The fourth-order valence-electron chi connectivity index (χ4n) is 0.965. The van der Waals surface area contributed by atoms with Crippen molar-refractivity contribution < 1.29 is 4.42 Å². The molecule has 0 saturated heterocycles. The highest BCUT2D eigenvalue weighted by Crippen LogP contribution is 2.09. The first-order chi connectivity index (χ1) is 5.79. The quantitative estimate of drug-likeness (QED) is 0.684. The van der Waals surface area contributed by atoms with E-state index in [1.807, 2.05) is 0 Å². The van der Waals surface area contributed by atoms with Crippen molar-refractivity contribution in [3.05, 3.63) is 35.0 Å². The number of hydrogen-bond donors (Lipinski definition) is 1. The van der Waals surface area contributed by atoms with Crippen LogP contribution in [0.25, 0.3) is 17.3 Å². The van der Waals surface area contributed by atoms with Gasteiger partial charge in [0.1, 0.15) is 0 Å². The molecule has 60 valence electrons. The number of nitrogens with zero attached hydrogens (tertiary/aromatic N) is 1. The van der Waals surface area contributed by atoms with Crippen molar-refractivity contribution in [1.29, 1.82) is 0 Å². The van der Waals surface area contributed by atoms with Gasteiger partial charge in [-0.25, -0.2) is 9.78 Å². The van der Waals surface area contributed by atoms with Gasteiger partial charge in [0.05, 0.1) is 0 Å². The van der Waals surface area contributed by atoms with E-state index in [4.69, 9.17) is 4.42 Å². The molecule has 0 atom stereocenters. The van der Waals surface area contributed by atoms with Crippen LogP contribution in [0.15, 0.2) is 28.1 Å². The molecule has 0 aliphatic heterocycles. The molecule has 2 rings (SSSR count). The number of aromatic amines is 1. The molecule has 0 aliphatic carbocycles. The van der Waals surface area contributed by atoms with Gasteiger partial charge in [0.2, 0.25) is 0 Å². The molecule has 0 saturated carbocycles. The van der Waals surface area contributed by atoms with Crippen molar-refractivity contribution in [3.8, 4) is 0 Å². The third-order valence-corrected chi connectivity index (χ3v) is 1.53. The van der Waals surface area contributed by atoms with Gasteiger partial charge in [-0.05, 0) is 11.6 Å². The summed E-state index contributed by atoms with van der Waals surface area (Å²) >= 11 is 0. The number of fused-ring (bicyclic) bond motifs is 1. The summed E-state index contributed by atoms with van der Waals surface area (Å²) in [5.74, 6) is -0.487. The van der Waals surface area contributed by atoms with Crippen LogP contribution in [0.3, 0.4) is 0 Å². The van der Waals surface area contributed by atoms with Gasteiger partial charge >= 0.3 is 5.76 Å². The Morgan fingerprint density at radius 1 is 1.67 bits per heavy atom. The number of H-pyrrole nitrogens is 1. The van der Waals surface area contributed by atoms with E-state index < -0.39 is 5.76 Å². The van der Waals surface area contributed by atoms with Crippen LogP contribution in [0.4, 0.5) is 0 Å². The minimum atomic E-state index is -0.487. The molecule has 2 aromatic heterocycles. The lowest BCUT2D eigenvalue weighted by Crippen LogP contribution is -1.93. The summed E-state index contributed by atoms with van der Waals surface area (Å²) in [6.07, 6.45) is 3.25. The van der Waals surface area contributed by atoms with E-state index in [1.165, 1.54) is 0 Å². The van der Waals surface area contributed by atoms with Gasteiger partial charge < -0.3 is 4.42 Å². The summed E-state index contributed by atoms with van der Waals surface area (Å²) in [6.45, 7) is 3.57. The summed E-state index contributed by atoms with van der Waals surface area (Å²) in [5, 5.41) is 0. The number of hydrogen-bond acceptors (Lipinski definition) is 3. The van der Waals surface area contributed by atoms with Crippen LogP contribution in [-0.2, 0) is 0 Å². The molecule has 2 heterocycles. The monoisotopic (exact) mass is 162 g/mol. The van der Waals surface area contributed by atoms with E-state index in [1.54, 1.807) is 18.3 Å². The van der Waals surface area contributed by atoms with Crippen molar-refractivity contribution >= 4 is 17.3 Å². The van der Waals surface area contributed by atoms with Crippen LogP contribution in [0.5, 0.6) is 0 Å². The number of nitrogens with one attached hydrogen (secondary N) is 1. The second kappa shape index (κ2) is 2.34. The number of pyridine rings is 1. The maximum absolute atomic E-state index is 10.7. The van der Waals surface area contributed by atoms with Crippen molar-refractivity contribution in [2.45, 2.75) is 0 Å². The number of oxazole rings is 1. The minimum absolute atomic E-state index is 0.456. The highest BCUT2D eigenvalue weighted by atomic mass is 16.4. The smallest absolute Gasteiger partial charge is 0.406 e. The van der Waals surface area contributed by atoms with Gasteiger partial charge in [-0.15, -0.1) is 0 Å². The van der Waals surface area contributed by atoms with Gasteiger partial charge in [0.15, 0.2) is 11.2 Å². The van der Waals surface area contributed by atoms with Crippen molar-refractivity contribution in [1.82, 2.24) is 9.97 Å². The van der Waals surface area contributed by atoms with Gasteiger partial charge in [-0.3, -0.25) is 4.98 Å². The highest BCUT2D eigenvalue weighted by molar-refractivity contribution is 5.70. The molecule has 12 heavy (non-hydrogen) atoms. The van der Waals surface area contributed by atoms with Gasteiger partial charge in [0, 0.05) is 6.20 Å². The van der Waals surface area contributed by atoms with Crippen LogP contribution >= 0.6 is 0 Å². The summed E-state index contributed by atoms with van der Waals surface area (Å²) in [4.78, 5) is 17.1. The molecular formula is C8H6N2O2. The Kier molecular flexibility index (Phi) is 1.33. The molecule has 0 aliphatic rings. The van der Waals surface area contributed by atoms with Crippen LogP contribution in [0, 0.1) is 0 Å². The Morgan fingerprint density at radius 2 is 2.50 bits per heavy atom. The molecule has 4 heteroatoms. The Bertz CT molecular complexity index is 481. The molecule has 4 nitrogen and oxygen atoms in total. The van der Waals surface area contributed by atoms with Crippen molar-refractivity contribution in [2.24, 2.45) is 0 Å². The van der Waals surface area contributed by atoms with Crippen LogP contribution in [0.1, 0.15) is 5.56 Å². The van der Waals surface area contributed by atoms with Crippen molar-refractivity contribution in [3.63, 3.8) is 0 Å².